The Morgan fingerprint density at radius 2 is 1.82 bits per heavy atom. The second-order valence-electron chi connectivity index (χ2n) is 7.11. The molecule has 0 aliphatic carbocycles. The average molecular weight is 376 g/mol. The van der Waals surface area contributed by atoms with Gasteiger partial charge in [-0.05, 0) is 44.2 Å². The lowest BCUT2D eigenvalue weighted by Gasteiger charge is -2.36. The topological polar surface area (TPSA) is 60.8 Å². The fraction of sp³-hybridized carbons (Fsp3) is 0.368. The summed E-state index contributed by atoms with van der Waals surface area (Å²) in [4.78, 5) is 18.1. The lowest BCUT2D eigenvalue weighted by Crippen LogP contribution is -2.40. The molecular formula is C19H16B2F2N4O. The Kier molecular flexibility index (Phi) is 4.65. The molecule has 4 radical (unpaired) electrons. The molecule has 1 atom stereocenters. The number of fused-ring (bicyclic) bond motifs is 1. The summed E-state index contributed by atoms with van der Waals surface area (Å²) in [5, 5.41) is -1.28. The summed E-state index contributed by atoms with van der Waals surface area (Å²) in [6, 6.07) is 3.34. The van der Waals surface area contributed by atoms with Crippen LogP contribution in [0.15, 0.2) is 18.2 Å². The molecule has 1 saturated heterocycles. The predicted octanol–water partition coefficient (Wildman–Crippen LogP) is 2.87. The van der Waals surface area contributed by atoms with Gasteiger partial charge in [0.05, 0.1) is 27.1 Å². The van der Waals surface area contributed by atoms with E-state index in [1.807, 2.05) is 6.92 Å². The molecule has 28 heavy (non-hydrogen) atoms. The first-order valence-electron chi connectivity index (χ1n) is 8.93. The highest BCUT2D eigenvalue weighted by molar-refractivity contribution is 6.39. The minimum atomic E-state index is -1.28. The molecule has 5 nitrogen and oxygen atoms in total. The van der Waals surface area contributed by atoms with E-state index in [9.17, 15) is 8.78 Å². The maximum Gasteiger partial charge on any atom is 0.182 e. The molecule has 0 N–H and O–H groups in total. The van der Waals surface area contributed by atoms with Gasteiger partial charge in [0, 0.05) is 24.2 Å². The van der Waals surface area contributed by atoms with Gasteiger partial charge in [-0.15, -0.1) is 0 Å². The van der Waals surface area contributed by atoms with Gasteiger partial charge in [0.25, 0.3) is 0 Å². The van der Waals surface area contributed by atoms with Crippen LogP contribution in [0.25, 0.3) is 22.4 Å². The Hall–Kier alpha value is -2.41. The average Bonchev–Trinajstić information content (AvgIpc) is 2.61. The van der Waals surface area contributed by atoms with Gasteiger partial charge in [0.15, 0.2) is 5.65 Å². The van der Waals surface area contributed by atoms with E-state index in [0.717, 1.165) is 6.07 Å². The first-order chi connectivity index (χ1) is 13.2. The molecule has 0 bridgehead atoms. The molecule has 3 heterocycles. The highest BCUT2D eigenvalue weighted by Crippen LogP contribution is 2.34. The molecule has 2 aromatic heterocycles. The lowest BCUT2D eigenvalue weighted by molar-refractivity contribution is 0.0267. The van der Waals surface area contributed by atoms with Crippen LogP contribution in [-0.2, 0) is 4.74 Å². The zero-order valence-corrected chi connectivity index (χ0v) is 15.5. The molecule has 1 aromatic carbocycles. The van der Waals surface area contributed by atoms with E-state index in [4.69, 9.17) is 20.4 Å². The molecule has 1 unspecified atom stereocenters. The second kappa shape index (κ2) is 6.88. The second-order valence-corrected chi connectivity index (χ2v) is 7.11. The van der Waals surface area contributed by atoms with Gasteiger partial charge in [-0.25, -0.2) is 28.7 Å². The zero-order valence-electron chi connectivity index (χ0n) is 15.5. The summed E-state index contributed by atoms with van der Waals surface area (Å²) in [7, 11) is 11.8. The van der Waals surface area contributed by atoms with E-state index in [1.54, 1.807) is 6.92 Å². The van der Waals surface area contributed by atoms with Gasteiger partial charge < -0.3 is 4.74 Å². The molecule has 9 heteroatoms. The van der Waals surface area contributed by atoms with Crippen LogP contribution in [0.1, 0.15) is 36.0 Å². The first kappa shape index (κ1) is 18.9. The Balaban J connectivity index is 1.94. The Labute approximate surface area is 163 Å². The molecule has 1 aliphatic heterocycles. The molecule has 138 valence electrons. The Bertz CT molecular complexity index is 1080. The molecule has 0 spiro atoms. The van der Waals surface area contributed by atoms with Crippen molar-refractivity contribution >= 4 is 26.9 Å². The third-order valence-electron chi connectivity index (χ3n) is 4.91. The van der Waals surface area contributed by atoms with Gasteiger partial charge >= 0.3 is 0 Å². The summed E-state index contributed by atoms with van der Waals surface area (Å²) in [6.07, 6.45) is 0.924. The number of halogens is 2. The third kappa shape index (κ3) is 3.51. The van der Waals surface area contributed by atoms with Crippen LogP contribution in [-0.4, -0.2) is 47.6 Å². The normalized spacial score (nSPS) is 19.1. The number of aryl methyl sites for hydroxylation is 2. The summed E-state index contributed by atoms with van der Waals surface area (Å²) >= 11 is 0. The van der Waals surface area contributed by atoms with Crippen LogP contribution in [0, 0.1) is 25.5 Å². The van der Waals surface area contributed by atoms with Gasteiger partial charge in [0.1, 0.15) is 28.7 Å². The first-order valence-corrected chi connectivity index (χ1v) is 8.93. The number of hydrogen-bond acceptors (Lipinski definition) is 5. The van der Waals surface area contributed by atoms with Crippen molar-refractivity contribution < 1.29 is 13.5 Å². The maximum absolute atomic E-state index is 14.5. The molecule has 0 amide bonds. The summed E-state index contributed by atoms with van der Waals surface area (Å²) in [6.45, 7) is 3.98. The molecule has 1 fully saturated rings. The van der Waals surface area contributed by atoms with E-state index in [-0.39, 0.29) is 17.2 Å². The monoisotopic (exact) mass is 376 g/mol. The fourth-order valence-electron chi connectivity index (χ4n) is 3.34. The SMILES string of the molecule is [B]C1([B])CC(c2nc(-c3ccc(F)cc3F)c3nc(C)c(C)nc3n2)CCO1. The highest BCUT2D eigenvalue weighted by Gasteiger charge is 2.31. The van der Waals surface area contributed by atoms with Gasteiger partial charge in [0.2, 0.25) is 0 Å². The largest absolute Gasteiger partial charge is 0.394 e. The van der Waals surface area contributed by atoms with Crippen molar-refractivity contribution in [1.29, 1.82) is 0 Å². The van der Waals surface area contributed by atoms with Crippen molar-refractivity contribution in [3.05, 3.63) is 47.0 Å². The predicted molar refractivity (Wildman–Crippen MR) is 102 cm³/mol. The molecule has 1 aliphatic rings. The quantitative estimate of drug-likeness (QED) is 0.644. The van der Waals surface area contributed by atoms with E-state index < -0.39 is 17.0 Å². The highest BCUT2D eigenvalue weighted by atomic mass is 19.1. The Morgan fingerprint density at radius 3 is 2.54 bits per heavy atom. The van der Waals surface area contributed by atoms with Crippen molar-refractivity contribution in [2.45, 2.75) is 38.0 Å². The van der Waals surface area contributed by atoms with E-state index in [1.165, 1.54) is 12.1 Å². The van der Waals surface area contributed by atoms with Crippen LogP contribution < -0.4 is 0 Å². The standard InChI is InChI=1S/C19H16B2F2N4O/c1-9-10(2)25-18-16(24-9)15(13-4-3-12(22)7-14(13)23)26-17(27-18)11-5-6-28-19(20,21)8-11/h3-4,7,11H,5-6,8H2,1-2H3. The summed E-state index contributed by atoms with van der Waals surface area (Å²) < 4.78 is 33.3. The molecule has 3 aromatic rings. The number of rotatable bonds is 2. The summed E-state index contributed by atoms with van der Waals surface area (Å²) in [5.74, 6) is -1.14. The van der Waals surface area contributed by atoms with Crippen LogP contribution in [0.5, 0.6) is 0 Å². The van der Waals surface area contributed by atoms with Crippen LogP contribution in [0.4, 0.5) is 8.78 Å². The zero-order chi connectivity index (χ0) is 20.1. The van der Waals surface area contributed by atoms with Gasteiger partial charge in [-0.2, -0.15) is 0 Å². The number of ether oxygens (including phenoxy) is 1. The summed E-state index contributed by atoms with van der Waals surface area (Å²) in [5.41, 5.74) is 2.49. The number of hydrogen-bond donors (Lipinski definition) is 0. The van der Waals surface area contributed by atoms with Crippen molar-refractivity contribution in [2.24, 2.45) is 0 Å². The van der Waals surface area contributed by atoms with Gasteiger partial charge in [-0.3, -0.25) is 0 Å². The van der Waals surface area contributed by atoms with E-state index in [2.05, 4.69) is 19.9 Å². The number of aromatic nitrogens is 4. The van der Waals surface area contributed by atoms with Crippen LogP contribution in [0.2, 0.25) is 0 Å². The van der Waals surface area contributed by atoms with Crippen molar-refractivity contribution in [3.8, 4) is 11.3 Å². The van der Waals surface area contributed by atoms with Gasteiger partial charge in [-0.1, -0.05) is 0 Å². The smallest absolute Gasteiger partial charge is 0.182 e. The molecule has 4 rings (SSSR count). The van der Waals surface area contributed by atoms with E-state index in [0.29, 0.717) is 47.8 Å². The molecule has 0 saturated carbocycles. The van der Waals surface area contributed by atoms with Crippen molar-refractivity contribution in [2.75, 3.05) is 6.61 Å². The van der Waals surface area contributed by atoms with E-state index >= 15 is 0 Å². The minimum absolute atomic E-state index is 0.131. The fourth-order valence-corrected chi connectivity index (χ4v) is 3.34. The number of nitrogens with zero attached hydrogens (tertiary/aromatic N) is 4. The van der Waals surface area contributed by atoms with Crippen LogP contribution in [0.3, 0.4) is 0 Å². The lowest BCUT2D eigenvalue weighted by atomic mass is 9.59. The van der Waals surface area contributed by atoms with Crippen LogP contribution >= 0.6 is 0 Å². The third-order valence-corrected chi connectivity index (χ3v) is 4.91. The Morgan fingerprint density at radius 1 is 1.07 bits per heavy atom. The minimum Gasteiger partial charge on any atom is -0.394 e. The number of benzene rings is 1. The van der Waals surface area contributed by atoms with Crippen molar-refractivity contribution in [1.82, 2.24) is 19.9 Å². The maximum atomic E-state index is 14.5. The molecular weight excluding hydrogens is 360 g/mol. The van der Waals surface area contributed by atoms with Crippen molar-refractivity contribution in [3.63, 3.8) is 0 Å².